The zero-order chi connectivity index (χ0) is 11.9. The summed E-state index contributed by atoms with van der Waals surface area (Å²) in [7, 11) is 0. The average Bonchev–Trinajstić information content (AvgIpc) is 2.19. The van der Waals surface area contributed by atoms with Crippen LogP contribution in [0, 0.1) is 6.92 Å². The van der Waals surface area contributed by atoms with Gasteiger partial charge in [0.2, 0.25) is 0 Å². The van der Waals surface area contributed by atoms with Crippen LogP contribution in [0.1, 0.15) is 58.6 Å². The SMILES string of the molecule is CCC.CCC(C)(C)c1ccccc1C. The van der Waals surface area contributed by atoms with Gasteiger partial charge in [0.05, 0.1) is 0 Å². The Bertz CT molecular complexity index is 271. The van der Waals surface area contributed by atoms with E-state index in [9.17, 15) is 0 Å². The van der Waals surface area contributed by atoms with Crippen LogP contribution < -0.4 is 0 Å². The summed E-state index contributed by atoms with van der Waals surface area (Å²) < 4.78 is 0. The van der Waals surface area contributed by atoms with Crippen LogP contribution in [0.2, 0.25) is 0 Å². The van der Waals surface area contributed by atoms with E-state index in [0.717, 1.165) is 0 Å². The van der Waals surface area contributed by atoms with Crippen molar-refractivity contribution < 1.29 is 0 Å². The van der Waals surface area contributed by atoms with Crippen molar-refractivity contribution >= 4 is 0 Å². The van der Waals surface area contributed by atoms with Gasteiger partial charge in [0, 0.05) is 0 Å². The first kappa shape index (κ1) is 14.2. The smallest absolute Gasteiger partial charge is 0.0104 e. The van der Waals surface area contributed by atoms with Crippen LogP contribution in [-0.4, -0.2) is 0 Å². The Labute approximate surface area is 95.7 Å². The molecular formula is C15H26. The summed E-state index contributed by atoms with van der Waals surface area (Å²) in [5, 5.41) is 0. The van der Waals surface area contributed by atoms with Crippen molar-refractivity contribution in [1.82, 2.24) is 0 Å². The van der Waals surface area contributed by atoms with E-state index in [2.05, 4.69) is 65.8 Å². The third-order valence-corrected chi connectivity index (χ3v) is 2.76. The fraction of sp³-hybridized carbons (Fsp3) is 0.600. The molecule has 1 rings (SSSR count). The van der Waals surface area contributed by atoms with E-state index in [1.807, 2.05) is 0 Å². The molecule has 0 aliphatic heterocycles. The van der Waals surface area contributed by atoms with Crippen LogP contribution in [0.15, 0.2) is 24.3 Å². The minimum absolute atomic E-state index is 0.325. The largest absolute Gasteiger partial charge is 0.0656 e. The van der Waals surface area contributed by atoms with Gasteiger partial charge in [-0.05, 0) is 29.9 Å². The third-order valence-electron chi connectivity index (χ3n) is 2.76. The van der Waals surface area contributed by atoms with Crippen molar-refractivity contribution in [1.29, 1.82) is 0 Å². The van der Waals surface area contributed by atoms with Gasteiger partial charge in [-0.1, -0.05) is 65.3 Å². The van der Waals surface area contributed by atoms with E-state index in [1.165, 1.54) is 24.0 Å². The summed E-state index contributed by atoms with van der Waals surface area (Å²) in [6, 6.07) is 8.65. The molecule has 0 amide bonds. The molecule has 1 aromatic carbocycles. The lowest BCUT2D eigenvalue weighted by Crippen LogP contribution is -2.16. The number of hydrogen-bond acceptors (Lipinski definition) is 0. The second-order valence-electron chi connectivity index (χ2n) is 4.76. The third kappa shape index (κ3) is 4.51. The van der Waals surface area contributed by atoms with Gasteiger partial charge in [-0.25, -0.2) is 0 Å². The van der Waals surface area contributed by atoms with Crippen LogP contribution in [-0.2, 0) is 5.41 Å². The van der Waals surface area contributed by atoms with Gasteiger partial charge in [-0.15, -0.1) is 0 Å². The lowest BCUT2D eigenvalue weighted by Gasteiger charge is -2.25. The maximum atomic E-state index is 2.30. The van der Waals surface area contributed by atoms with Gasteiger partial charge in [0.1, 0.15) is 0 Å². The minimum atomic E-state index is 0.325. The Morgan fingerprint density at radius 1 is 1.00 bits per heavy atom. The Hall–Kier alpha value is -0.780. The van der Waals surface area contributed by atoms with Gasteiger partial charge in [0.25, 0.3) is 0 Å². The minimum Gasteiger partial charge on any atom is -0.0656 e. The van der Waals surface area contributed by atoms with Crippen molar-refractivity contribution in [3.05, 3.63) is 35.4 Å². The molecule has 0 bridgehead atoms. The molecule has 0 nitrogen and oxygen atoms in total. The van der Waals surface area contributed by atoms with Crippen molar-refractivity contribution in [2.45, 2.75) is 59.8 Å². The second kappa shape index (κ2) is 6.66. The first-order valence-corrected chi connectivity index (χ1v) is 6.05. The van der Waals surface area contributed by atoms with Crippen LogP contribution >= 0.6 is 0 Å². The molecule has 0 atom stereocenters. The van der Waals surface area contributed by atoms with E-state index in [1.54, 1.807) is 0 Å². The molecule has 15 heavy (non-hydrogen) atoms. The lowest BCUT2D eigenvalue weighted by molar-refractivity contribution is 0.503. The standard InChI is InChI=1S/C12H18.C3H8/c1-5-12(3,4)11-9-7-6-8-10(11)2;1-3-2/h6-9H,5H2,1-4H3;3H2,1-2H3. The summed E-state index contributed by atoms with van der Waals surface area (Å²) in [6.45, 7) is 13.3. The molecule has 0 aromatic heterocycles. The quantitative estimate of drug-likeness (QED) is 0.631. The zero-order valence-corrected chi connectivity index (χ0v) is 11.2. The predicted molar refractivity (Wildman–Crippen MR) is 70.5 cm³/mol. The molecule has 0 saturated heterocycles. The molecule has 0 aliphatic rings. The van der Waals surface area contributed by atoms with E-state index < -0.39 is 0 Å². The van der Waals surface area contributed by atoms with Crippen molar-refractivity contribution in [2.24, 2.45) is 0 Å². The van der Waals surface area contributed by atoms with E-state index in [4.69, 9.17) is 0 Å². The van der Waals surface area contributed by atoms with Gasteiger partial charge in [-0.3, -0.25) is 0 Å². The molecule has 0 heterocycles. The topological polar surface area (TPSA) is 0 Å². The van der Waals surface area contributed by atoms with Crippen molar-refractivity contribution in [2.75, 3.05) is 0 Å². The number of aryl methyl sites for hydroxylation is 1. The van der Waals surface area contributed by atoms with Crippen LogP contribution in [0.4, 0.5) is 0 Å². The molecule has 0 heteroatoms. The molecular weight excluding hydrogens is 180 g/mol. The maximum absolute atomic E-state index is 2.30. The highest BCUT2D eigenvalue weighted by atomic mass is 14.2. The number of benzene rings is 1. The highest BCUT2D eigenvalue weighted by Crippen LogP contribution is 2.28. The highest BCUT2D eigenvalue weighted by Gasteiger charge is 2.18. The fourth-order valence-electron chi connectivity index (χ4n) is 1.52. The Balaban J connectivity index is 0.000000583. The molecule has 1 aromatic rings. The van der Waals surface area contributed by atoms with Gasteiger partial charge >= 0.3 is 0 Å². The molecule has 86 valence electrons. The molecule has 0 aliphatic carbocycles. The van der Waals surface area contributed by atoms with E-state index >= 15 is 0 Å². The number of hydrogen-bond donors (Lipinski definition) is 0. The van der Waals surface area contributed by atoms with Crippen LogP contribution in [0.5, 0.6) is 0 Å². The first-order chi connectivity index (χ1) is 6.99. The normalized spacial score (nSPS) is 10.5. The zero-order valence-electron chi connectivity index (χ0n) is 11.2. The molecule has 0 fully saturated rings. The second-order valence-corrected chi connectivity index (χ2v) is 4.76. The Morgan fingerprint density at radius 2 is 1.47 bits per heavy atom. The van der Waals surface area contributed by atoms with Gasteiger partial charge in [0.15, 0.2) is 0 Å². The van der Waals surface area contributed by atoms with E-state index in [-0.39, 0.29) is 0 Å². The highest BCUT2D eigenvalue weighted by molar-refractivity contribution is 5.31. The van der Waals surface area contributed by atoms with Crippen LogP contribution in [0.25, 0.3) is 0 Å². The Kier molecular flexibility index (Phi) is 6.31. The molecule has 0 unspecified atom stereocenters. The number of rotatable bonds is 2. The summed E-state index contributed by atoms with van der Waals surface area (Å²) in [5.74, 6) is 0. The van der Waals surface area contributed by atoms with Crippen LogP contribution in [0.3, 0.4) is 0 Å². The average molecular weight is 206 g/mol. The monoisotopic (exact) mass is 206 g/mol. The fourth-order valence-corrected chi connectivity index (χ4v) is 1.52. The maximum Gasteiger partial charge on any atom is -0.0104 e. The summed E-state index contributed by atoms with van der Waals surface area (Å²) in [5.41, 5.74) is 3.21. The van der Waals surface area contributed by atoms with E-state index in [0.29, 0.717) is 5.41 Å². The van der Waals surface area contributed by atoms with Crippen molar-refractivity contribution in [3.63, 3.8) is 0 Å². The molecule has 0 radical (unpaired) electrons. The molecule has 0 spiro atoms. The molecule has 0 saturated carbocycles. The van der Waals surface area contributed by atoms with Crippen molar-refractivity contribution in [3.8, 4) is 0 Å². The first-order valence-electron chi connectivity index (χ1n) is 6.05. The summed E-state index contributed by atoms with van der Waals surface area (Å²) >= 11 is 0. The molecule has 0 N–H and O–H groups in total. The Morgan fingerprint density at radius 3 is 1.87 bits per heavy atom. The van der Waals surface area contributed by atoms with Gasteiger partial charge in [-0.2, -0.15) is 0 Å². The summed E-state index contributed by atoms with van der Waals surface area (Å²) in [4.78, 5) is 0. The predicted octanol–water partition coefficient (Wildman–Crippen LogP) is 5.10. The summed E-state index contributed by atoms with van der Waals surface area (Å²) in [6.07, 6.45) is 2.44. The lowest BCUT2D eigenvalue weighted by atomic mass is 9.80. The van der Waals surface area contributed by atoms with Gasteiger partial charge < -0.3 is 0 Å².